The van der Waals surface area contributed by atoms with Crippen LogP contribution in [0.1, 0.15) is 56.2 Å². The van der Waals surface area contributed by atoms with E-state index in [1.807, 2.05) is 65.2 Å². The topological polar surface area (TPSA) is 79.0 Å². The van der Waals surface area contributed by atoms with Gasteiger partial charge in [-0.2, -0.15) is 0 Å². The van der Waals surface area contributed by atoms with Gasteiger partial charge < -0.3 is 14.0 Å². The molecule has 0 N–H and O–H groups in total. The third-order valence-electron chi connectivity index (χ3n) is 6.21. The molecule has 186 valence electrons. The normalized spacial score (nSPS) is 11.1. The second kappa shape index (κ2) is 10.1. The standard InChI is InChI=1S/C30H26N2O5/c1-3-36-29(34)24-25(30(35)37-4-2)28-31(19-20-13-7-5-8-14-20)22-17-11-12-18-23(22)32(28)26(24)27(33)21-15-9-6-10-16-21/h5-18H,3-4,19H2,1-2H3. The van der Waals surface area contributed by atoms with Gasteiger partial charge in [-0.25, -0.2) is 9.59 Å². The molecule has 7 heteroatoms. The highest BCUT2D eigenvalue weighted by molar-refractivity contribution is 6.20. The van der Waals surface area contributed by atoms with E-state index < -0.39 is 17.7 Å². The summed E-state index contributed by atoms with van der Waals surface area (Å²) in [6.07, 6.45) is 0. The van der Waals surface area contributed by atoms with Crippen molar-refractivity contribution in [2.24, 2.45) is 0 Å². The quantitative estimate of drug-likeness (QED) is 0.209. The molecule has 5 rings (SSSR count). The number of esters is 2. The summed E-state index contributed by atoms with van der Waals surface area (Å²) >= 11 is 0. The molecular weight excluding hydrogens is 468 g/mol. The van der Waals surface area contributed by atoms with E-state index in [2.05, 4.69) is 0 Å². The number of hydrogen-bond donors (Lipinski definition) is 0. The lowest BCUT2D eigenvalue weighted by Gasteiger charge is -2.10. The Balaban J connectivity index is 1.94. The zero-order chi connectivity index (χ0) is 25.9. The van der Waals surface area contributed by atoms with Crippen molar-refractivity contribution >= 4 is 34.4 Å². The van der Waals surface area contributed by atoms with Crippen LogP contribution in [0.2, 0.25) is 0 Å². The smallest absolute Gasteiger partial charge is 0.342 e. The molecule has 0 amide bonds. The van der Waals surface area contributed by atoms with E-state index >= 15 is 0 Å². The average Bonchev–Trinajstić information content (AvgIpc) is 3.43. The van der Waals surface area contributed by atoms with E-state index in [-0.39, 0.29) is 30.0 Å². The fraction of sp³-hybridized carbons (Fsp3) is 0.167. The summed E-state index contributed by atoms with van der Waals surface area (Å²) in [5.41, 5.74) is 3.30. The lowest BCUT2D eigenvalue weighted by Crippen LogP contribution is -2.17. The van der Waals surface area contributed by atoms with Crippen LogP contribution in [0, 0.1) is 0 Å². The zero-order valence-corrected chi connectivity index (χ0v) is 20.6. The summed E-state index contributed by atoms with van der Waals surface area (Å²) in [6.45, 7) is 3.99. The largest absolute Gasteiger partial charge is 0.462 e. The average molecular weight is 495 g/mol. The van der Waals surface area contributed by atoms with Crippen LogP contribution in [0.3, 0.4) is 0 Å². The Morgan fingerprint density at radius 1 is 0.676 bits per heavy atom. The van der Waals surface area contributed by atoms with Crippen LogP contribution in [-0.2, 0) is 16.0 Å². The second-order valence-electron chi connectivity index (χ2n) is 8.45. The van der Waals surface area contributed by atoms with Gasteiger partial charge in [-0.1, -0.05) is 72.8 Å². The summed E-state index contributed by atoms with van der Waals surface area (Å²) in [7, 11) is 0. The maximum absolute atomic E-state index is 14.0. The van der Waals surface area contributed by atoms with Crippen LogP contribution in [0.4, 0.5) is 0 Å². The van der Waals surface area contributed by atoms with E-state index in [4.69, 9.17) is 9.47 Å². The second-order valence-corrected chi connectivity index (χ2v) is 8.45. The zero-order valence-electron chi connectivity index (χ0n) is 20.6. The predicted molar refractivity (Wildman–Crippen MR) is 140 cm³/mol. The molecule has 0 spiro atoms. The summed E-state index contributed by atoms with van der Waals surface area (Å²) in [4.78, 5) is 40.9. The first-order chi connectivity index (χ1) is 18.1. The summed E-state index contributed by atoms with van der Waals surface area (Å²) in [6, 6.07) is 26.0. The molecule has 2 heterocycles. The molecule has 0 aliphatic heterocycles. The van der Waals surface area contributed by atoms with Crippen LogP contribution < -0.4 is 0 Å². The van der Waals surface area contributed by atoms with Gasteiger partial charge in [0, 0.05) is 12.1 Å². The number of fused-ring (bicyclic) bond motifs is 3. The van der Waals surface area contributed by atoms with Crippen molar-refractivity contribution < 1.29 is 23.9 Å². The van der Waals surface area contributed by atoms with Crippen LogP contribution in [0.5, 0.6) is 0 Å². The molecule has 0 atom stereocenters. The number of hydrogen-bond acceptors (Lipinski definition) is 5. The molecule has 0 unspecified atom stereocenters. The van der Waals surface area contributed by atoms with Crippen molar-refractivity contribution in [3.05, 3.63) is 113 Å². The highest BCUT2D eigenvalue weighted by Gasteiger charge is 2.36. The summed E-state index contributed by atoms with van der Waals surface area (Å²) in [5.74, 6) is -1.83. The van der Waals surface area contributed by atoms with Gasteiger partial charge in [-0.05, 0) is 31.5 Å². The summed E-state index contributed by atoms with van der Waals surface area (Å²) < 4.78 is 14.4. The number of carbonyl (C=O) groups excluding carboxylic acids is 3. The maximum Gasteiger partial charge on any atom is 0.342 e. The van der Waals surface area contributed by atoms with Gasteiger partial charge in [0.05, 0.1) is 24.2 Å². The number of benzene rings is 3. The number of nitrogens with zero attached hydrogens (tertiary/aromatic N) is 2. The van der Waals surface area contributed by atoms with Gasteiger partial charge in [0.25, 0.3) is 0 Å². The first kappa shape index (κ1) is 24.1. The Labute approximate surface area is 213 Å². The van der Waals surface area contributed by atoms with Gasteiger partial charge >= 0.3 is 11.9 Å². The Morgan fingerprint density at radius 2 is 1.22 bits per heavy atom. The van der Waals surface area contributed by atoms with E-state index in [1.165, 1.54) is 0 Å². The molecule has 3 aromatic carbocycles. The van der Waals surface area contributed by atoms with Crippen molar-refractivity contribution in [3.8, 4) is 0 Å². The highest BCUT2D eigenvalue weighted by Crippen LogP contribution is 2.34. The molecule has 2 aromatic heterocycles. The van der Waals surface area contributed by atoms with E-state index in [0.29, 0.717) is 23.3 Å². The van der Waals surface area contributed by atoms with E-state index in [9.17, 15) is 14.4 Å². The molecule has 0 bridgehead atoms. The van der Waals surface area contributed by atoms with Crippen LogP contribution in [0.15, 0.2) is 84.9 Å². The monoisotopic (exact) mass is 494 g/mol. The SMILES string of the molecule is CCOC(=O)c1c(C(=O)OCC)c2n(Cc3ccccc3)c3ccccc3n2c1C(=O)c1ccccc1. The predicted octanol–water partition coefficient (Wildman–Crippen LogP) is 5.53. The number of rotatable bonds is 8. The summed E-state index contributed by atoms with van der Waals surface area (Å²) in [5, 5.41) is 0. The van der Waals surface area contributed by atoms with Crippen molar-refractivity contribution in [3.63, 3.8) is 0 Å². The Hall–Kier alpha value is -4.65. The van der Waals surface area contributed by atoms with Gasteiger partial charge in [0.2, 0.25) is 5.78 Å². The van der Waals surface area contributed by atoms with Crippen molar-refractivity contribution in [1.29, 1.82) is 0 Å². The molecular formula is C30H26N2O5. The maximum atomic E-state index is 14.0. The van der Waals surface area contributed by atoms with Crippen LogP contribution >= 0.6 is 0 Å². The molecule has 0 saturated carbocycles. The number of aromatic nitrogens is 2. The first-order valence-electron chi connectivity index (χ1n) is 12.2. The molecule has 0 radical (unpaired) electrons. The Kier molecular flexibility index (Phi) is 6.60. The minimum atomic E-state index is -0.746. The van der Waals surface area contributed by atoms with Gasteiger partial charge in [0.15, 0.2) is 0 Å². The minimum Gasteiger partial charge on any atom is -0.462 e. The Bertz CT molecular complexity index is 1610. The number of carbonyl (C=O) groups is 3. The molecule has 0 fully saturated rings. The molecule has 0 saturated heterocycles. The Morgan fingerprint density at radius 3 is 1.84 bits per heavy atom. The fourth-order valence-electron chi connectivity index (χ4n) is 4.71. The number of ether oxygens (including phenoxy) is 2. The highest BCUT2D eigenvalue weighted by atomic mass is 16.5. The van der Waals surface area contributed by atoms with Gasteiger partial charge in [-0.3, -0.25) is 9.20 Å². The van der Waals surface area contributed by atoms with Gasteiger partial charge in [0.1, 0.15) is 22.5 Å². The fourth-order valence-corrected chi connectivity index (χ4v) is 4.71. The van der Waals surface area contributed by atoms with Crippen LogP contribution in [-0.4, -0.2) is 39.9 Å². The molecule has 5 aromatic rings. The lowest BCUT2D eigenvalue weighted by atomic mass is 10.0. The third kappa shape index (κ3) is 4.18. The molecule has 37 heavy (non-hydrogen) atoms. The van der Waals surface area contributed by atoms with Crippen molar-refractivity contribution in [1.82, 2.24) is 8.97 Å². The number of ketones is 1. The number of imidazole rings is 1. The van der Waals surface area contributed by atoms with E-state index in [1.54, 1.807) is 42.5 Å². The van der Waals surface area contributed by atoms with E-state index in [0.717, 1.165) is 11.1 Å². The lowest BCUT2D eigenvalue weighted by molar-refractivity contribution is 0.0480. The van der Waals surface area contributed by atoms with Crippen molar-refractivity contribution in [2.75, 3.05) is 13.2 Å². The van der Waals surface area contributed by atoms with Gasteiger partial charge in [-0.15, -0.1) is 0 Å². The number of para-hydroxylation sites is 2. The first-order valence-corrected chi connectivity index (χ1v) is 12.2. The molecule has 7 nitrogen and oxygen atoms in total. The molecule has 0 aliphatic carbocycles. The third-order valence-corrected chi connectivity index (χ3v) is 6.21. The minimum absolute atomic E-state index is 0.0201. The van der Waals surface area contributed by atoms with Crippen molar-refractivity contribution in [2.45, 2.75) is 20.4 Å². The van der Waals surface area contributed by atoms with Crippen LogP contribution in [0.25, 0.3) is 16.7 Å². The molecule has 0 aliphatic rings.